The van der Waals surface area contributed by atoms with Crippen molar-refractivity contribution >= 4 is 70.7 Å². The van der Waals surface area contributed by atoms with Gasteiger partial charge in [0, 0.05) is 30.7 Å². The Hall–Kier alpha value is -2.44. The lowest BCUT2D eigenvalue weighted by molar-refractivity contribution is -0.137. The van der Waals surface area contributed by atoms with E-state index in [0.29, 0.717) is 12.3 Å². The summed E-state index contributed by atoms with van der Waals surface area (Å²) in [6, 6.07) is 0. The van der Waals surface area contributed by atoms with Crippen LogP contribution in [-0.2, 0) is 50.7 Å². The Labute approximate surface area is 301 Å². The minimum Gasteiger partial charge on any atom is -0.386 e. The van der Waals surface area contributed by atoms with Crippen LogP contribution in [0.3, 0.4) is 0 Å². The standard InChI is InChI=1S/C21H36N7O16P3S.C3H6O/c1-21(2,16(31)19(32)24-4-3-12(29)23-5-6-48)8-41-47(38,39)44-46(36,37)40-7-11-15(43-45(33,34)35)14(30)20(42-11)28-10-27-13-17(22)25-9-26-18(13)28;1-3(2)4/h9-11,14-16,20,30-31,48H,3-8H2,1-2H3,(H,23,29)(H,24,32)(H,36,37)(H,38,39)(H2,22,25,26)(H2,33,34,35);1-2H3/t11-,14-,15-,16+,20-;/m1./s1. The highest BCUT2D eigenvalue weighted by Crippen LogP contribution is 2.61. The van der Waals surface area contributed by atoms with Crippen molar-refractivity contribution in [1.29, 1.82) is 0 Å². The number of nitrogens with zero attached hydrogens (tertiary/aromatic N) is 4. The van der Waals surface area contributed by atoms with E-state index in [0.717, 1.165) is 17.2 Å². The molecule has 3 heterocycles. The van der Waals surface area contributed by atoms with Crippen LogP contribution in [0, 0.1) is 5.41 Å². The number of nitrogens with one attached hydrogen (secondary N) is 2. The molecule has 0 spiro atoms. The number of carbonyl (C=O) groups excluding carboxylic acids is 3. The Balaban J connectivity index is 0.00000222. The number of aromatic nitrogens is 4. The molecule has 24 nitrogen and oxygen atoms in total. The normalized spacial score (nSPS) is 22.1. The topological polar surface area (TPSA) is 364 Å². The van der Waals surface area contributed by atoms with Crippen molar-refractivity contribution in [3.05, 3.63) is 12.7 Å². The van der Waals surface area contributed by atoms with Gasteiger partial charge in [-0.25, -0.2) is 28.6 Å². The molecule has 1 fully saturated rings. The van der Waals surface area contributed by atoms with Crippen LogP contribution in [0.25, 0.3) is 11.2 Å². The van der Waals surface area contributed by atoms with Gasteiger partial charge in [-0.3, -0.25) is 27.7 Å². The first kappa shape index (κ1) is 45.7. The number of ketones is 1. The number of carbonyl (C=O) groups is 3. The van der Waals surface area contributed by atoms with E-state index in [9.17, 15) is 57.9 Å². The van der Waals surface area contributed by atoms with E-state index in [-0.39, 0.29) is 41.6 Å². The van der Waals surface area contributed by atoms with Crippen LogP contribution in [0.15, 0.2) is 12.7 Å². The Morgan fingerprint density at radius 1 is 1.06 bits per heavy atom. The van der Waals surface area contributed by atoms with Crippen molar-refractivity contribution in [2.24, 2.45) is 5.41 Å². The number of ether oxygens (including phenoxy) is 1. The van der Waals surface area contributed by atoms with Crippen LogP contribution < -0.4 is 16.4 Å². The number of anilines is 1. The smallest absolute Gasteiger partial charge is 0.386 e. The number of nitrogen functional groups attached to an aromatic ring is 1. The molecule has 0 saturated carbocycles. The van der Waals surface area contributed by atoms with Crippen LogP contribution >= 0.6 is 36.1 Å². The molecule has 1 saturated heterocycles. The first-order valence-corrected chi connectivity index (χ1v) is 20.0. The minimum atomic E-state index is -5.54. The van der Waals surface area contributed by atoms with E-state index in [1.807, 2.05) is 0 Å². The molecule has 2 unspecified atom stereocenters. The van der Waals surface area contributed by atoms with Crippen molar-refractivity contribution in [2.45, 2.75) is 64.8 Å². The molecule has 3 rings (SSSR count). The Morgan fingerprint density at radius 3 is 2.27 bits per heavy atom. The zero-order valence-electron chi connectivity index (χ0n) is 28.1. The molecule has 0 bridgehead atoms. The number of hydrogen-bond donors (Lipinski definition) is 10. The number of rotatable bonds is 18. The molecule has 2 amide bonds. The van der Waals surface area contributed by atoms with Crippen LogP contribution in [0.4, 0.5) is 5.82 Å². The minimum absolute atomic E-state index is 0.0363. The summed E-state index contributed by atoms with van der Waals surface area (Å²) in [6.07, 6.45) is -6.74. The highest BCUT2D eigenvalue weighted by molar-refractivity contribution is 7.80. The maximum absolute atomic E-state index is 12.6. The summed E-state index contributed by atoms with van der Waals surface area (Å²) < 4.78 is 61.7. The zero-order chi connectivity index (χ0) is 39.7. The first-order valence-electron chi connectivity index (χ1n) is 14.9. The second-order valence-electron chi connectivity index (χ2n) is 11.7. The van der Waals surface area contributed by atoms with Gasteiger partial charge in [0.2, 0.25) is 11.8 Å². The maximum atomic E-state index is 12.6. The molecule has 0 radical (unpaired) electrons. The first-order chi connectivity index (χ1) is 23.9. The molecule has 10 N–H and O–H groups in total. The number of imidazole rings is 1. The summed E-state index contributed by atoms with van der Waals surface area (Å²) in [5.41, 5.74) is 4.30. The molecule has 2 aromatic heterocycles. The van der Waals surface area contributed by atoms with Crippen LogP contribution in [0.1, 0.15) is 40.3 Å². The molecule has 0 aromatic carbocycles. The quantitative estimate of drug-likeness (QED) is 0.0632. The van der Waals surface area contributed by atoms with Crippen molar-refractivity contribution in [3.8, 4) is 0 Å². The van der Waals surface area contributed by atoms with E-state index in [4.69, 9.17) is 19.5 Å². The van der Waals surface area contributed by atoms with Crippen LogP contribution in [-0.4, -0.2) is 123 Å². The van der Waals surface area contributed by atoms with E-state index in [1.54, 1.807) is 0 Å². The molecular weight excluding hydrogens is 783 g/mol. The molecule has 28 heteroatoms. The van der Waals surface area contributed by atoms with Gasteiger partial charge in [-0.15, -0.1) is 0 Å². The molecule has 1 aliphatic heterocycles. The summed E-state index contributed by atoms with van der Waals surface area (Å²) >= 11 is 3.95. The van der Waals surface area contributed by atoms with Crippen molar-refractivity contribution in [1.82, 2.24) is 30.2 Å². The second-order valence-corrected chi connectivity index (χ2v) is 16.4. The van der Waals surface area contributed by atoms with Gasteiger partial charge in [0.15, 0.2) is 17.7 Å². The Kier molecular flexibility index (Phi) is 16.9. The van der Waals surface area contributed by atoms with Gasteiger partial charge in [0.25, 0.3) is 0 Å². The number of aliphatic hydroxyl groups excluding tert-OH is 2. The number of fused-ring (bicyclic) bond motifs is 1. The predicted molar refractivity (Wildman–Crippen MR) is 180 cm³/mol. The number of thiol groups is 1. The van der Waals surface area contributed by atoms with Crippen molar-refractivity contribution < 1.29 is 80.5 Å². The monoisotopic (exact) mass is 825 g/mol. The fourth-order valence-electron chi connectivity index (χ4n) is 4.14. The average molecular weight is 826 g/mol. The van der Waals surface area contributed by atoms with E-state index in [1.165, 1.54) is 27.7 Å². The van der Waals surface area contributed by atoms with E-state index in [2.05, 4.69) is 47.0 Å². The summed E-state index contributed by atoms with van der Waals surface area (Å²) in [5, 5.41) is 26.1. The lowest BCUT2D eigenvalue weighted by Gasteiger charge is -2.30. The van der Waals surface area contributed by atoms with Gasteiger partial charge in [-0.2, -0.15) is 16.9 Å². The predicted octanol–water partition coefficient (Wildman–Crippen LogP) is -1.07. The van der Waals surface area contributed by atoms with E-state index >= 15 is 0 Å². The van der Waals surface area contributed by atoms with Crippen molar-refractivity contribution in [2.75, 3.05) is 37.8 Å². The molecule has 296 valence electrons. The average Bonchev–Trinajstić information content (AvgIpc) is 3.57. The second kappa shape index (κ2) is 19.2. The van der Waals surface area contributed by atoms with Gasteiger partial charge in [0.05, 0.1) is 19.5 Å². The molecule has 2 aromatic rings. The molecular formula is C24H42N7O17P3S. The highest BCUT2D eigenvalue weighted by atomic mass is 32.1. The fourth-order valence-corrected chi connectivity index (χ4v) is 7.08. The summed E-state index contributed by atoms with van der Waals surface area (Å²) in [6.45, 7) is 3.78. The fraction of sp³-hybridized carbons (Fsp3) is 0.667. The summed E-state index contributed by atoms with van der Waals surface area (Å²) in [7, 11) is -16.3. The summed E-state index contributed by atoms with van der Waals surface area (Å²) in [4.78, 5) is 84.1. The number of phosphoric acid groups is 3. The van der Waals surface area contributed by atoms with Crippen molar-refractivity contribution in [3.63, 3.8) is 0 Å². The number of phosphoric ester groups is 3. The molecule has 7 atom stereocenters. The van der Waals surface area contributed by atoms with Gasteiger partial charge >= 0.3 is 23.5 Å². The molecule has 1 aliphatic rings. The number of Topliss-reactive ketones (excluding diaryl/α,β-unsaturated/α-hetero) is 1. The lowest BCUT2D eigenvalue weighted by Crippen LogP contribution is -2.46. The number of amides is 2. The van der Waals surface area contributed by atoms with Gasteiger partial charge in [0.1, 0.15) is 42.0 Å². The Bertz CT molecular complexity index is 1690. The van der Waals surface area contributed by atoms with Crippen LogP contribution in [0.5, 0.6) is 0 Å². The number of nitrogens with two attached hydrogens (primary N) is 1. The number of aliphatic hydroxyl groups is 2. The van der Waals surface area contributed by atoms with Crippen LogP contribution in [0.2, 0.25) is 0 Å². The largest absolute Gasteiger partial charge is 0.481 e. The SMILES string of the molecule is CC(C)(COP(=O)(O)OP(=O)(O)OC[C@H]1O[C@@H](n2cnc3c(N)ncnc32)[C@H](O)[C@@H]1OP(=O)(O)O)[C@@H](O)C(=O)NCCC(=O)NCCS.CC(C)=O. The zero-order valence-corrected chi connectivity index (χ0v) is 31.7. The third kappa shape index (κ3) is 14.4. The number of hydrogen-bond acceptors (Lipinski definition) is 18. The van der Waals surface area contributed by atoms with Gasteiger partial charge in [-0.05, 0) is 13.8 Å². The Morgan fingerprint density at radius 2 is 1.67 bits per heavy atom. The van der Waals surface area contributed by atoms with E-state index < -0.39 is 78.6 Å². The molecule has 0 aliphatic carbocycles. The summed E-state index contributed by atoms with van der Waals surface area (Å²) in [5.74, 6) is -0.777. The lowest BCUT2D eigenvalue weighted by atomic mass is 9.87. The highest BCUT2D eigenvalue weighted by Gasteiger charge is 2.50. The van der Waals surface area contributed by atoms with Gasteiger partial charge < -0.3 is 55.7 Å². The third-order valence-electron chi connectivity index (χ3n) is 6.51. The maximum Gasteiger partial charge on any atom is 0.481 e. The molecule has 52 heavy (non-hydrogen) atoms. The third-order valence-corrected chi connectivity index (χ3v) is 9.83. The van der Waals surface area contributed by atoms with Gasteiger partial charge in [-0.1, -0.05) is 13.8 Å².